The van der Waals surface area contributed by atoms with Crippen LogP contribution in [0.4, 0.5) is 0 Å². The van der Waals surface area contributed by atoms with Crippen molar-refractivity contribution in [3.8, 4) is 11.3 Å². The van der Waals surface area contributed by atoms with Gasteiger partial charge in [0, 0.05) is 57.5 Å². The molecule has 0 bridgehead atoms. The lowest BCUT2D eigenvalue weighted by Crippen LogP contribution is -2.49. The molecule has 1 aromatic carbocycles. The number of imidazole rings is 1. The van der Waals surface area contributed by atoms with Crippen molar-refractivity contribution >= 4 is 5.52 Å². The zero-order valence-electron chi connectivity index (χ0n) is 17.4. The summed E-state index contributed by atoms with van der Waals surface area (Å²) >= 11 is 0. The molecule has 0 unspecified atom stereocenters. The molecule has 5 rings (SSSR count). The van der Waals surface area contributed by atoms with Crippen LogP contribution in [0.5, 0.6) is 0 Å². The highest BCUT2D eigenvalue weighted by Gasteiger charge is 2.30. The molecule has 28 heavy (non-hydrogen) atoms. The second-order valence-electron chi connectivity index (χ2n) is 8.18. The first kappa shape index (κ1) is 16.7. The van der Waals surface area contributed by atoms with Crippen LogP contribution in [0.1, 0.15) is 38.8 Å². The van der Waals surface area contributed by atoms with Crippen LogP contribution in [-0.4, -0.2) is 63.4 Å². The fourth-order valence-electron chi connectivity index (χ4n) is 4.89. The molecule has 1 aliphatic heterocycles. The minimum atomic E-state index is 0.437. The van der Waals surface area contributed by atoms with Crippen LogP contribution in [0.15, 0.2) is 48.9 Å². The van der Waals surface area contributed by atoms with Crippen molar-refractivity contribution in [2.75, 3.05) is 33.2 Å². The lowest BCUT2D eigenvalue weighted by molar-refractivity contribution is 0.0872. The van der Waals surface area contributed by atoms with Crippen LogP contribution >= 0.6 is 0 Å². The Bertz CT molecular complexity index is 940. The fraction of sp³-hybridized carbons (Fsp3) is 0.478. The third kappa shape index (κ3) is 3.33. The molecule has 1 saturated carbocycles. The Hall–Kier alpha value is -2.24. The van der Waals surface area contributed by atoms with Gasteiger partial charge in [0.1, 0.15) is 5.82 Å². The van der Waals surface area contributed by atoms with E-state index in [9.17, 15) is 0 Å². The average Bonchev–Trinajstić information content (AvgIpc) is 3.20. The number of rotatable bonds is 3. The van der Waals surface area contributed by atoms with Crippen molar-refractivity contribution in [2.24, 2.45) is 0 Å². The van der Waals surface area contributed by atoms with Gasteiger partial charge >= 0.3 is 0 Å². The van der Waals surface area contributed by atoms with Crippen LogP contribution in [0.25, 0.3) is 16.8 Å². The van der Waals surface area contributed by atoms with Gasteiger partial charge in [0.2, 0.25) is 0 Å². The van der Waals surface area contributed by atoms with E-state index in [0.717, 1.165) is 43.0 Å². The molecule has 0 amide bonds. The summed E-state index contributed by atoms with van der Waals surface area (Å²) in [5, 5.41) is 0. The van der Waals surface area contributed by atoms with Crippen molar-refractivity contribution in [2.45, 2.75) is 37.6 Å². The van der Waals surface area contributed by atoms with Crippen LogP contribution < -0.4 is 0 Å². The second kappa shape index (κ2) is 7.64. The molecule has 3 aromatic rings. The van der Waals surface area contributed by atoms with Gasteiger partial charge in [-0.05, 0) is 32.7 Å². The van der Waals surface area contributed by atoms with Gasteiger partial charge in [-0.15, -0.1) is 0 Å². The molecule has 1 saturated heterocycles. The van der Waals surface area contributed by atoms with E-state index in [1.807, 2.05) is 18.5 Å². The number of hydrogen-bond acceptors (Lipinski definition) is 4. The first-order valence-electron chi connectivity index (χ1n) is 11.2. The number of nitrogens with zero attached hydrogens (tertiary/aromatic N) is 5. The minimum absolute atomic E-state index is 0.437. The van der Waals surface area contributed by atoms with Gasteiger partial charge in [-0.1, -0.05) is 30.3 Å². The summed E-state index contributed by atoms with van der Waals surface area (Å²) in [5.74, 6) is 1.70. The van der Waals surface area contributed by atoms with Crippen molar-refractivity contribution in [3.63, 3.8) is 0 Å². The fourth-order valence-corrected chi connectivity index (χ4v) is 4.89. The van der Waals surface area contributed by atoms with Crippen LogP contribution in [0.3, 0.4) is 0 Å². The van der Waals surface area contributed by atoms with Gasteiger partial charge < -0.3 is 4.90 Å². The molecule has 3 heterocycles. The van der Waals surface area contributed by atoms with E-state index in [1.54, 1.807) is 0 Å². The molecular formula is C23H29N5. The first-order valence-corrected chi connectivity index (χ1v) is 10.5. The van der Waals surface area contributed by atoms with Crippen molar-refractivity contribution < 1.29 is 1.37 Å². The summed E-state index contributed by atoms with van der Waals surface area (Å²) in [6, 6.07) is 11.1. The maximum atomic E-state index is 7.55. The molecule has 2 aromatic heterocycles. The quantitative estimate of drug-likeness (QED) is 0.699. The van der Waals surface area contributed by atoms with Gasteiger partial charge in [0.25, 0.3) is 0 Å². The molecule has 5 heteroatoms. The molecule has 0 N–H and O–H groups in total. The van der Waals surface area contributed by atoms with Gasteiger partial charge in [0.05, 0.1) is 17.4 Å². The molecule has 1 aliphatic carbocycles. The summed E-state index contributed by atoms with van der Waals surface area (Å²) in [6.45, 7) is 4.32. The summed E-state index contributed by atoms with van der Waals surface area (Å²) in [6.07, 6.45) is 10.7. The SMILES string of the molecule is [2H]CN1CCN(C2CCC(c3nc(-c4ccccc4)c4cnccn34)CC2)CC1. The van der Waals surface area contributed by atoms with Gasteiger partial charge in [-0.2, -0.15) is 0 Å². The van der Waals surface area contributed by atoms with Crippen molar-refractivity contribution in [1.82, 2.24) is 24.2 Å². The zero-order valence-corrected chi connectivity index (χ0v) is 16.4. The highest BCUT2D eigenvalue weighted by atomic mass is 15.3. The van der Waals surface area contributed by atoms with E-state index in [1.165, 1.54) is 31.5 Å². The number of hydrogen-bond donors (Lipinski definition) is 0. The Labute approximate surface area is 168 Å². The predicted octanol–water partition coefficient (Wildman–Crippen LogP) is 3.67. The normalized spacial score (nSPS) is 25.1. The zero-order chi connectivity index (χ0) is 19.6. The molecule has 146 valence electrons. The standard InChI is InChI=1S/C23H29N5/c1-26-13-15-27(16-14-26)20-9-7-19(8-10-20)23-25-22(18-5-3-2-4-6-18)21-17-24-11-12-28(21)23/h2-6,11-12,17,19-20H,7-10,13-16H2,1H3/i1D. The molecule has 2 fully saturated rings. The predicted molar refractivity (Wildman–Crippen MR) is 112 cm³/mol. The molecule has 5 nitrogen and oxygen atoms in total. The highest BCUT2D eigenvalue weighted by molar-refractivity contribution is 5.77. The lowest BCUT2D eigenvalue weighted by Gasteiger charge is -2.41. The Kier molecular flexibility index (Phi) is 4.56. The largest absolute Gasteiger partial charge is 0.304 e. The lowest BCUT2D eigenvalue weighted by atomic mass is 9.84. The van der Waals surface area contributed by atoms with Crippen LogP contribution in [0.2, 0.25) is 0 Å². The van der Waals surface area contributed by atoms with E-state index < -0.39 is 0 Å². The second-order valence-corrected chi connectivity index (χ2v) is 8.18. The van der Waals surface area contributed by atoms with Gasteiger partial charge in [0.15, 0.2) is 0 Å². The topological polar surface area (TPSA) is 36.7 Å². The number of likely N-dealkylation sites (N-methyl/N-ethyl adjacent to an activating group) is 1. The third-order valence-corrected chi connectivity index (χ3v) is 6.51. The first-order chi connectivity index (χ1) is 14.3. The van der Waals surface area contributed by atoms with Gasteiger partial charge in [-0.25, -0.2) is 4.98 Å². The summed E-state index contributed by atoms with van der Waals surface area (Å²) in [5.41, 5.74) is 3.30. The van der Waals surface area contributed by atoms with Crippen LogP contribution in [0, 0.1) is 0 Å². The number of benzene rings is 1. The Morgan fingerprint density at radius 1 is 1.00 bits per heavy atom. The van der Waals surface area contributed by atoms with E-state index in [0.29, 0.717) is 19.0 Å². The molecule has 0 radical (unpaired) electrons. The molecular weight excluding hydrogens is 346 g/mol. The Morgan fingerprint density at radius 2 is 1.79 bits per heavy atom. The summed E-state index contributed by atoms with van der Waals surface area (Å²) in [7, 11) is 0.437. The van der Waals surface area contributed by atoms with Gasteiger partial charge in [-0.3, -0.25) is 14.3 Å². The van der Waals surface area contributed by atoms with E-state index >= 15 is 0 Å². The Morgan fingerprint density at radius 3 is 2.54 bits per heavy atom. The third-order valence-electron chi connectivity index (χ3n) is 6.51. The highest BCUT2D eigenvalue weighted by Crippen LogP contribution is 2.37. The molecule has 0 spiro atoms. The number of aromatic nitrogens is 3. The maximum Gasteiger partial charge on any atom is 0.117 e. The number of piperazine rings is 1. The molecule has 2 aliphatic rings. The molecule has 0 atom stereocenters. The minimum Gasteiger partial charge on any atom is -0.304 e. The maximum absolute atomic E-state index is 7.55. The van der Waals surface area contributed by atoms with Crippen LogP contribution in [-0.2, 0) is 0 Å². The average molecular weight is 377 g/mol. The van der Waals surface area contributed by atoms with Crippen molar-refractivity contribution in [3.05, 3.63) is 54.7 Å². The Balaban J connectivity index is 1.34. The summed E-state index contributed by atoms with van der Waals surface area (Å²) < 4.78 is 9.81. The van der Waals surface area contributed by atoms with E-state index in [4.69, 9.17) is 6.35 Å². The van der Waals surface area contributed by atoms with E-state index in [2.05, 4.69) is 49.6 Å². The number of fused-ring (bicyclic) bond motifs is 1. The van der Waals surface area contributed by atoms with E-state index in [-0.39, 0.29) is 0 Å². The van der Waals surface area contributed by atoms with Crippen molar-refractivity contribution in [1.29, 1.82) is 0 Å². The smallest absolute Gasteiger partial charge is 0.117 e. The summed E-state index contributed by atoms with van der Waals surface area (Å²) in [4.78, 5) is 14.4. The monoisotopic (exact) mass is 376 g/mol.